The van der Waals surface area contributed by atoms with Crippen molar-refractivity contribution >= 4 is 0 Å². The lowest BCUT2D eigenvalue weighted by Crippen LogP contribution is -2.36. The Labute approximate surface area is 129 Å². The predicted octanol–water partition coefficient (Wildman–Crippen LogP) is 4.27. The fourth-order valence-electron chi connectivity index (χ4n) is 3.65. The molecule has 1 heterocycles. The first-order valence-corrected chi connectivity index (χ1v) is 8.84. The van der Waals surface area contributed by atoms with E-state index in [1.54, 1.807) is 6.26 Å². The second-order valence-electron chi connectivity index (χ2n) is 6.35. The molecule has 21 heavy (non-hydrogen) atoms. The minimum atomic E-state index is 0.436. The Morgan fingerprint density at radius 3 is 2.62 bits per heavy atom. The number of hydrogen-bond donors (Lipinski definition) is 2. The molecular formula is C18H32N2O. The molecule has 3 nitrogen and oxygen atoms in total. The molecule has 1 aliphatic carbocycles. The Balaban J connectivity index is 1.88. The Morgan fingerprint density at radius 1 is 1.19 bits per heavy atom. The maximum atomic E-state index is 5.27. The van der Waals surface area contributed by atoms with Crippen LogP contribution in [0.4, 0.5) is 0 Å². The van der Waals surface area contributed by atoms with Crippen molar-refractivity contribution < 1.29 is 4.42 Å². The molecule has 2 N–H and O–H groups in total. The van der Waals surface area contributed by atoms with Crippen LogP contribution in [-0.2, 0) is 0 Å². The van der Waals surface area contributed by atoms with Gasteiger partial charge in [0.05, 0.1) is 12.5 Å². The van der Waals surface area contributed by atoms with Crippen LogP contribution in [-0.4, -0.2) is 19.1 Å². The molecule has 1 aliphatic rings. The minimum Gasteiger partial charge on any atom is -0.472 e. The third kappa shape index (κ3) is 5.15. The highest BCUT2D eigenvalue weighted by atomic mass is 16.3. The summed E-state index contributed by atoms with van der Waals surface area (Å²) in [7, 11) is 0. The summed E-state index contributed by atoms with van der Waals surface area (Å²) in [4.78, 5) is 0. The van der Waals surface area contributed by atoms with Crippen LogP contribution >= 0.6 is 0 Å². The highest BCUT2D eigenvalue weighted by Gasteiger charge is 2.25. The molecule has 3 heteroatoms. The highest BCUT2D eigenvalue weighted by molar-refractivity contribution is 5.11. The van der Waals surface area contributed by atoms with Gasteiger partial charge in [0.25, 0.3) is 0 Å². The zero-order chi connectivity index (χ0) is 14.9. The van der Waals surface area contributed by atoms with Gasteiger partial charge in [-0.2, -0.15) is 0 Å². The Kier molecular flexibility index (Phi) is 7.31. The summed E-state index contributed by atoms with van der Waals surface area (Å²) < 4.78 is 5.27. The summed E-state index contributed by atoms with van der Waals surface area (Å²) in [6.07, 6.45) is 13.0. The van der Waals surface area contributed by atoms with Crippen molar-refractivity contribution in [2.75, 3.05) is 13.1 Å². The maximum Gasteiger partial charge on any atom is 0.0950 e. The van der Waals surface area contributed by atoms with Gasteiger partial charge in [-0.1, -0.05) is 26.7 Å². The van der Waals surface area contributed by atoms with Crippen molar-refractivity contribution in [2.24, 2.45) is 5.92 Å². The molecule has 2 rings (SSSR count). The van der Waals surface area contributed by atoms with Gasteiger partial charge in [-0.15, -0.1) is 0 Å². The molecule has 120 valence electrons. The van der Waals surface area contributed by atoms with E-state index < -0.39 is 0 Å². The quantitative estimate of drug-likeness (QED) is 0.676. The van der Waals surface area contributed by atoms with Gasteiger partial charge in [-0.3, -0.25) is 0 Å². The molecule has 0 radical (unpaired) electrons. The van der Waals surface area contributed by atoms with Gasteiger partial charge in [0.1, 0.15) is 0 Å². The largest absolute Gasteiger partial charge is 0.472 e. The maximum absolute atomic E-state index is 5.27. The fraction of sp³-hybridized carbons (Fsp3) is 0.778. The van der Waals surface area contributed by atoms with Gasteiger partial charge < -0.3 is 15.1 Å². The summed E-state index contributed by atoms with van der Waals surface area (Å²) in [6.45, 7) is 6.61. The second kappa shape index (κ2) is 9.26. The van der Waals surface area contributed by atoms with E-state index in [2.05, 4.69) is 30.5 Å². The Hall–Kier alpha value is -0.800. The summed E-state index contributed by atoms with van der Waals surface area (Å²) in [6, 6.07) is 3.23. The van der Waals surface area contributed by atoms with Gasteiger partial charge >= 0.3 is 0 Å². The number of rotatable bonds is 10. The smallest absolute Gasteiger partial charge is 0.0950 e. The highest BCUT2D eigenvalue weighted by Crippen LogP contribution is 2.31. The van der Waals surface area contributed by atoms with E-state index in [1.165, 1.54) is 50.5 Å². The molecule has 2 unspecified atom stereocenters. The van der Waals surface area contributed by atoms with Crippen molar-refractivity contribution in [3.8, 4) is 0 Å². The summed E-state index contributed by atoms with van der Waals surface area (Å²) in [5.41, 5.74) is 1.30. The van der Waals surface area contributed by atoms with E-state index in [4.69, 9.17) is 4.42 Å². The van der Waals surface area contributed by atoms with Crippen LogP contribution in [0.1, 0.15) is 70.4 Å². The minimum absolute atomic E-state index is 0.436. The van der Waals surface area contributed by atoms with E-state index in [-0.39, 0.29) is 0 Å². The number of nitrogens with one attached hydrogen (secondary N) is 2. The van der Waals surface area contributed by atoms with Crippen LogP contribution in [0.15, 0.2) is 23.0 Å². The van der Waals surface area contributed by atoms with Gasteiger partial charge in [0.15, 0.2) is 0 Å². The Bertz CT molecular complexity index is 357. The molecule has 1 saturated carbocycles. The average molecular weight is 292 g/mol. The molecule has 0 saturated heterocycles. The van der Waals surface area contributed by atoms with Crippen LogP contribution in [0.25, 0.3) is 0 Å². The lowest BCUT2D eigenvalue weighted by Gasteiger charge is -2.26. The van der Waals surface area contributed by atoms with Crippen LogP contribution < -0.4 is 10.6 Å². The summed E-state index contributed by atoms with van der Waals surface area (Å²) >= 11 is 0. The third-order valence-corrected chi connectivity index (χ3v) is 4.79. The Morgan fingerprint density at radius 2 is 2.00 bits per heavy atom. The van der Waals surface area contributed by atoms with Crippen molar-refractivity contribution in [3.05, 3.63) is 24.2 Å². The molecule has 1 aromatic heterocycles. The molecule has 2 atom stereocenters. The molecule has 0 bridgehead atoms. The van der Waals surface area contributed by atoms with E-state index in [0.717, 1.165) is 19.0 Å². The van der Waals surface area contributed by atoms with Gasteiger partial charge in [0, 0.05) is 17.6 Å². The monoisotopic (exact) mass is 292 g/mol. The van der Waals surface area contributed by atoms with Gasteiger partial charge in [0.2, 0.25) is 0 Å². The van der Waals surface area contributed by atoms with Crippen LogP contribution in [0.2, 0.25) is 0 Å². The van der Waals surface area contributed by atoms with E-state index >= 15 is 0 Å². The third-order valence-electron chi connectivity index (χ3n) is 4.79. The van der Waals surface area contributed by atoms with Crippen molar-refractivity contribution in [1.82, 2.24) is 10.6 Å². The lowest BCUT2D eigenvalue weighted by atomic mass is 9.91. The average Bonchev–Trinajstić information content (AvgIpc) is 3.19. The van der Waals surface area contributed by atoms with E-state index in [0.29, 0.717) is 12.1 Å². The predicted molar refractivity (Wildman–Crippen MR) is 88.4 cm³/mol. The van der Waals surface area contributed by atoms with E-state index in [1.807, 2.05) is 6.26 Å². The molecule has 0 amide bonds. The molecule has 1 fully saturated rings. The van der Waals surface area contributed by atoms with Crippen LogP contribution in [0, 0.1) is 5.92 Å². The second-order valence-corrected chi connectivity index (χ2v) is 6.35. The molecule has 0 aliphatic heterocycles. The van der Waals surface area contributed by atoms with Crippen molar-refractivity contribution in [2.45, 2.75) is 70.9 Å². The summed E-state index contributed by atoms with van der Waals surface area (Å²) in [5, 5.41) is 7.40. The number of furan rings is 1. The normalized spacial score (nSPS) is 19.0. The standard InChI is InChI=1S/C18H32N2O/c1-3-12-20-18(16-11-13-21-14-16)10-9-17(19-4-2)15-7-5-6-8-15/h11,13-15,17-20H,3-10,12H2,1-2H3. The fourth-order valence-corrected chi connectivity index (χ4v) is 3.65. The van der Waals surface area contributed by atoms with E-state index in [9.17, 15) is 0 Å². The van der Waals surface area contributed by atoms with Crippen molar-refractivity contribution in [1.29, 1.82) is 0 Å². The lowest BCUT2D eigenvalue weighted by molar-refractivity contribution is 0.321. The summed E-state index contributed by atoms with van der Waals surface area (Å²) in [5.74, 6) is 0.890. The van der Waals surface area contributed by atoms with Crippen LogP contribution in [0.5, 0.6) is 0 Å². The molecule has 0 spiro atoms. The number of hydrogen-bond acceptors (Lipinski definition) is 3. The van der Waals surface area contributed by atoms with Crippen molar-refractivity contribution in [3.63, 3.8) is 0 Å². The molecule has 1 aromatic rings. The first-order chi connectivity index (χ1) is 10.3. The topological polar surface area (TPSA) is 37.2 Å². The first kappa shape index (κ1) is 16.6. The SMILES string of the molecule is CCCNC(CCC(NCC)C1CCCC1)c1ccoc1. The molecule has 0 aromatic carbocycles. The first-order valence-electron chi connectivity index (χ1n) is 8.84. The van der Waals surface area contributed by atoms with Gasteiger partial charge in [-0.05, 0) is 57.2 Å². The van der Waals surface area contributed by atoms with Gasteiger partial charge in [-0.25, -0.2) is 0 Å². The zero-order valence-corrected chi connectivity index (χ0v) is 13.7. The molecular weight excluding hydrogens is 260 g/mol. The van der Waals surface area contributed by atoms with Crippen LogP contribution in [0.3, 0.4) is 0 Å². The zero-order valence-electron chi connectivity index (χ0n) is 13.7.